The Bertz CT molecular complexity index is 574. The lowest BCUT2D eigenvalue weighted by Gasteiger charge is -2.10. The SMILES string of the molecule is CNc1cnnc(-c2cc(Cl)c(C)cc2OC)n1. The largest absolute Gasteiger partial charge is 0.496 e. The van der Waals surface area contributed by atoms with Crippen molar-refractivity contribution in [1.29, 1.82) is 0 Å². The van der Waals surface area contributed by atoms with Gasteiger partial charge in [-0.2, -0.15) is 5.10 Å². The molecule has 1 heterocycles. The molecule has 0 amide bonds. The lowest BCUT2D eigenvalue weighted by molar-refractivity contribution is 0.415. The lowest BCUT2D eigenvalue weighted by Crippen LogP contribution is -2.00. The van der Waals surface area contributed by atoms with Gasteiger partial charge < -0.3 is 10.1 Å². The van der Waals surface area contributed by atoms with Gasteiger partial charge in [-0.25, -0.2) is 4.98 Å². The van der Waals surface area contributed by atoms with Gasteiger partial charge in [-0.15, -0.1) is 5.10 Å². The maximum Gasteiger partial charge on any atom is 0.187 e. The smallest absolute Gasteiger partial charge is 0.187 e. The van der Waals surface area contributed by atoms with E-state index in [1.807, 2.05) is 13.0 Å². The van der Waals surface area contributed by atoms with Gasteiger partial charge in [0.15, 0.2) is 5.82 Å². The predicted octanol–water partition coefficient (Wildman–Crippen LogP) is 2.55. The summed E-state index contributed by atoms with van der Waals surface area (Å²) in [4.78, 5) is 4.32. The van der Waals surface area contributed by atoms with Crippen molar-refractivity contribution >= 4 is 17.4 Å². The fraction of sp³-hybridized carbons (Fsp3) is 0.250. The number of nitrogens with one attached hydrogen (secondary N) is 1. The summed E-state index contributed by atoms with van der Waals surface area (Å²) in [6.07, 6.45) is 1.55. The fourth-order valence-electron chi connectivity index (χ4n) is 1.54. The molecule has 1 N–H and O–H groups in total. The van der Waals surface area contributed by atoms with Crippen molar-refractivity contribution in [3.8, 4) is 17.1 Å². The molecule has 0 aliphatic rings. The fourth-order valence-corrected chi connectivity index (χ4v) is 1.70. The number of hydrogen-bond acceptors (Lipinski definition) is 5. The molecule has 2 aromatic rings. The Labute approximate surface area is 110 Å². The Morgan fingerprint density at radius 2 is 2.11 bits per heavy atom. The van der Waals surface area contributed by atoms with Gasteiger partial charge in [-0.05, 0) is 24.6 Å². The van der Waals surface area contributed by atoms with Crippen LogP contribution < -0.4 is 10.1 Å². The van der Waals surface area contributed by atoms with Crippen molar-refractivity contribution in [3.63, 3.8) is 0 Å². The number of aromatic nitrogens is 3. The summed E-state index contributed by atoms with van der Waals surface area (Å²) in [5.74, 6) is 1.78. The molecule has 2 rings (SSSR count). The number of rotatable bonds is 3. The number of nitrogens with zero attached hydrogens (tertiary/aromatic N) is 3. The highest BCUT2D eigenvalue weighted by Crippen LogP contribution is 2.32. The van der Waals surface area contributed by atoms with Crippen LogP contribution >= 0.6 is 11.6 Å². The number of anilines is 1. The lowest BCUT2D eigenvalue weighted by atomic mass is 10.1. The molecule has 6 heteroatoms. The van der Waals surface area contributed by atoms with E-state index in [0.717, 1.165) is 11.1 Å². The molecule has 0 saturated carbocycles. The van der Waals surface area contributed by atoms with E-state index in [4.69, 9.17) is 16.3 Å². The number of halogens is 1. The maximum atomic E-state index is 6.12. The number of ether oxygens (including phenoxy) is 1. The van der Waals surface area contributed by atoms with Crippen LogP contribution in [-0.2, 0) is 0 Å². The number of aryl methyl sites for hydroxylation is 1. The van der Waals surface area contributed by atoms with E-state index in [-0.39, 0.29) is 0 Å². The Hall–Kier alpha value is -1.88. The minimum atomic E-state index is 0.473. The molecule has 18 heavy (non-hydrogen) atoms. The number of methoxy groups -OCH3 is 1. The highest BCUT2D eigenvalue weighted by atomic mass is 35.5. The monoisotopic (exact) mass is 264 g/mol. The third kappa shape index (κ3) is 2.36. The van der Waals surface area contributed by atoms with Crippen LogP contribution in [0.25, 0.3) is 11.4 Å². The van der Waals surface area contributed by atoms with Gasteiger partial charge in [0, 0.05) is 12.1 Å². The van der Waals surface area contributed by atoms with Crippen LogP contribution in [0.4, 0.5) is 5.82 Å². The van der Waals surface area contributed by atoms with E-state index < -0.39 is 0 Å². The molecule has 0 atom stereocenters. The summed E-state index contributed by atoms with van der Waals surface area (Å²) in [5, 5.41) is 11.4. The molecule has 0 saturated heterocycles. The molecule has 0 bridgehead atoms. The van der Waals surface area contributed by atoms with Gasteiger partial charge in [0.1, 0.15) is 11.6 Å². The zero-order valence-corrected chi connectivity index (χ0v) is 11.1. The highest BCUT2D eigenvalue weighted by Gasteiger charge is 2.12. The van der Waals surface area contributed by atoms with Crippen LogP contribution in [0.3, 0.4) is 0 Å². The summed E-state index contributed by atoms with van der Waals surface area (Å²) >= 11 is 6.12. The first kappa shape index (κ1) is 12.6. The molecular formula is C12H13ClN4O. The highest BCUT2D eigenvalue weighted by molar-refractivity contribution is 6.31. The van der Waals surface area contributed by atoms with Gasteiger partial charge in [0.25, 0.3) is 0 Å². The number of hydrogen-bond donors (Lipinski definition) is 1. The first-order chi connectivity index (χ1) is 8.65. The molecule has 0 unspecified atom stereocenters. The second kappa shape index (κ2) is 5.18. The summed E-state index contributed by atoms with van der Waals surface area (Å²) in [7, 11) is 3.37. The standard InChI is InChI=1S/C12H13ClN4O/c1-7-4-10(18-3)8(5-9(7)13)12-16-11(14-2)6-15-17-12/h4-6H,1-3H3,(H,14,16,17). The summed E-state index contributed by atoms with van der Waals surface area (Å²) < 4.78 is 5.32. The van der Waals surface area contributed by atoms with Crippen LogP contribution in [0.1, 0.15) is 5.56 Å². The third-order valence-electron chi connectivity index (χ3n) is 2.54. The van der Waals surface area contributed by atoms with E-state index in [0.29, 0.717) is 22.4 Å². The topological polar surface area (TPSA) is 59.9 Å². The molecule has 0 aliphatic carbocycles. The molecule has 5 nitrogen and oxygen atoms in total. The van der Waals surface area contributed by atoms with Gasteiger partial charge in [0.2, 0.25) is 0 Å². The average molecular weight is 265 g/mol. The average Bonchev–Trinajstić information content (AvgIpc) is 2.41. The molecule has 1 aromatic heterocycles. The van der Waals surface area contributed by atoms with Crippen LogP contribution in [-0.4, -0.2) is 29.3 Å². The van der Waals surface area contributed by atoms with E-state index in [1.165, 1.54) is 0 Å². The maximum absolute atomic E-state index is 6.12. The van der Waals surface area contributed by atoms with Gasteiger partial charge in [0.05, 0.1) is 18.9 Å². The van der Waals surface area contributed by atoms with Crippen LogP contribution in [0.15, 0.2) is 18.3 Å². The van der Waals surface area contributed by atoms with E-state index >= 15 is 0 Å². The van der Waals surface area contributed by atoms with E-state index in [2.05, 4.69) is 20.5 Å². The summed E-state index contributed by atoms with van der Waals surface area (Å²) in [6.45, 7) is 1.91. The Morgan fingerprint density at radius 1 is 1.33 bits per heavy atom. The first-order valence-electron chi connectivity index (χ1n) is 5.37. The second-order valence-corrected chi connectivity index (χ2v) is 4.12. The van der Waals surface area contributed by atoms with Crippen molar-refractivity contribution in [3.05, 3.63) is 28.9 Å². The van der Waals surface area contributed by atoms with Crippen molar-refractivity contribution in [2.24, 2.45) is 0 Å². The number of benzene rings is 1. The minimum absolute atomic E-state index is 0.473. The molecule has 0 aliphatic heterocycles. The third-order valence-corrected chi connectivity index (χ3v) is 2.94. The molecule has 0 spiro atoms. The quantitative estimate of drug-likeness (QED) is 0.923. The zero-order chi connectivity index (χ0) is 13.1. The second-order valence-electron chi connectivity index (χ2n) is 3.72. The summed E-state index contributed by atoms with van der Waals surface area (Å²) in [6, 6.07) is 3.64. The van der Waals surface area contributed by atoms with Crippen molar-refractivity contribution < 1.29 is 4.74 Å². The van der Waals surface area contributed by atoms with E-state index in [1.54, 1.807) is 26.4 Å². The predicted molar refractivity (Wildman–Crippen MR) is 71.1 cm³/mol. The van der Waals surface area contributed by atoms with Gasteiger partial charge >= 0.3 is 0 Å². The molecular weight excluding hydrogens is 252 g/mol. The Kier molecular flexibility index (Phi) is 3.62. The minimum Gasteiger partial charge on any atom is -0.496 e. The first-order valence-corrected chi connectivity index (χ1v) is 5.75. The van der Waals surface area contributed by atoms with Gasteiger partial charge in [-0.1, -0.05) is 11.6 Å². The van der Waals surface area contributed by atoms with Crippen molar-refractivity contribution in [2.75, 3.05) is 19.5 Å². The zero-order valence-electron chi connectivity index (χ0n) is 10.4. The van der Waals surface area contributed by atoms with E-state index in [9.17, 15) is 0 Å². The molecule has 0 radical (unpaired) electrons. The molecule has 94 valence electrons. The van der Waals surface area contributed by atoms with Crippen LogP contribution in [0, 0.1) is 6.92 Å². The van der Waals surface area contributed by atoms with Crippen molar-refractivity contribution in [2.45, 2.75) is 6.92 Å². The molecule has 1 aromatic carbocycles. The summed E-state index contributed by atoms with van der Waals surface area (Å²) in [5.41, 5.74) is 1.66. The Balaban J connectivity index is 2.58. The Morgan fingerprint density at radius 3 is 2.78 bits per heavy atom. The van der Waals surface area contributed by atoms with Crippen LogP contribution in [0.2, 0.25) is 5.02 Å². The molecule has 0 fully saturated rings. The van der Waals surface area contributed by atoms with Crippen molar-refractivity contribution in [1.82, 2.24) is 15.2 Å². The normalized spacial score (nSPS) is 10.2. The van der Waals surface area contributed by atoms with Crippen LogP contribution in [0.5, 0.6) is 5.75 Å². The van der Waals surface area contributed by atoms with Gasteiger partial charge in [-0.3, -0.25) is 0 Å².